The summed E-state index contributed by atoms with van der Waals surface area (Å²) >= 11 is 0. The van der Waals surface area contributed by atoms with Gasteiger partial charge in [-0.1, -0.05) is 46.3 Å². The van der Waals surface area contributed by atoms with E-state index in [0.29, 0.717) is 0 Å². The van der Waals surface area contributed by atoms with E-state index in [1.54, 1.807) is 5.57 Å². The fourth-order valence-electron chi connectivity index (χ4n) is 2.56. The van der Waals surface area contributed by atoms with Crippen LogP contribution in [-0.4, -0.2) is 0 Å². The SMILES string of the molecule is CC(C)C1=CC(C)C(C(C)C)CC1. The molecule has 0 spiro atoms. The van der Waals surface area contributed by atoms with E-state index in [1.165, 1.54) is 12.8 Å². The molecular weight excluding hydrogens is 156 g/mol. The molecule has 0 saturated carbocycles. The second-order valence-corrected chi connectivity index (χ2v) is 5.20. The van der Waals surface area contributed by atoms with Crippen LogP contribution in [0.3, 0.4) is 0 Å². The first-order valence-corrected chi connectivity index (χ1v) is 5.73. The van der Waals surface area contributed by atoms with Crippen molar-refractivity contribution >= 4 is 0 Å². The van der Waals surface area contributed by atoms with Crippen molar-refractivity contribution in [2.45, 2.75) is 47.5 Å². The van der Waals surface area contributed by atoms with Gasteiger partial charge in [0.25, 0.3) is 0 Å². The smallest absolute Gasteiger partial charge is 0.0228 e. The molecule has 2 atom stereocenters. The molecule has 0 heteroatoms. The van der Waals surface area contributed by atoms with Crippen LogP contribution in [0.2, 0.25) is 0 Å². The zero-order chi connectivity index (χ0) is 10.0. The largest absolute Gasteiger partial charge is 0.0819 e. The Morgan fingerprint density at radius 2 is 1.85 bits per heavy atom. The lowest BCUT2D eigenvalue weighted by Crippen LogP contribution is -2.21. The van der Waals surface area contributed by atoms with Crippen molar-refractivity contribution in [1.82, 2.24) is 0 Å². The van der Waals surface area contributed by atoms with Crippen molar-refractivity contribution in [1.29, 1.82) is 0 Å². The van der Waals surface area contributed by atoms with Gasteiger partial charge in [-0.15, -0.1) is 0 Å². The predicted octanol–water partition coefficient (Wildman–Crippen LogP) is 4.27. The zero-order valence-electron chi connectivity index (χ0n) is 9.80. The molecule has 1 aliphatic rings. The molecular formula is C13H24. The quantitative estimate of drug-likeness (QED) is 0.557. The van der Waals surface area contributed by atoms with Crippen LogP contribution in [0.4, 0.5) is 0 Å². The Labute approximate surface area is 83.4 Å². The number of hydrogen-bond donors (Lipinski definition) is 0. The Balaban J connectivity index is 2.66. The van der Waals surface area contributed by atoms with E-state index in [-0.39, 0.29) is 0 Å². The van der Waals surface area contributed by atoms with E-state index in [4.69, 9.17) is 0 Å². The highest BCUT2D eigenvalue weighted by Gasteiger charge is 2.24. The average Bonchev–Trinajstić information content (AvgIpc) is 2.03. The maximum atomic E-state index is 2.53. The Hall–Kier alpha value is -0.260. The van der Waals surface area contributed by atoms with Crippen molar-refractivity contribution in [3.8, 4) is 0 Å². The molecule has 0 bridgehead atoms. The highest BCUT2D eigenvalue weighted by molar-refractivity contribution is 5.11. The minimum absolute atomic E-state index is 0.760. The van der Waals surface area contributed by atoms with Crippen LogP contribution in [0, 0.1) is 23.7 Å². The van der Waals surface area contributed by atoms with E-state index < -0.39 is 0 Å². The summed E-state index contributed by atoms with van der Waals surface area (Å²) in [4.78, 5) is 0. The van der Waals surface area contributed by atoms with Gasteiger partial charge < -0.3 is 0 Å². The Bertz CT molecular complexity index is 186. The van der Waals surface area contributed by atoms with E-state index in [9.17, 15) is 0 Å². The lowest BCUT2D eigenvalue weighted by molar-refractivity contribution is 0.273. The van der Waals surface area contributed by atoms with Gasteiger partial charge in [-0.25, -0.2) is 0 Å². The van der Waals surface area contributed by atoms with E-state index in [2.05, 4.69) is 40.7 Å². The van der Waals surface area contributed by atoms with E-state index >= 15 is 0 Å². The molecule has 0 saturated heterocycles. The molecule has 0 amide bonds. The standard InChI is InChI=1S/C13H24/c1-9(2)12-6-7-13(10(3)4)11(5)8-12/h8-11,13H,6-7H2,1-5H3. The highest BCUT2D eigenvalue weighted by Crippen LogP contribution is 2.35. The van der Waals surface area contributed by atoms with E-state index in [1.807, 2.05) is 0 Å². The second kappa shape index (κ2) is 4.30. The van der Waals surface area contributed by atoms with Crippen molar-refractivity contribution in [2.75, 3.05) is 0 Å². The summed E-state index contributed by atoms with van der Waals surface area (Å²) in [7, 11) is 0. The first kappa shape index (κ1) is 10.8. The molecule has 0 aromatic rings. The highest BCUT2D eigenvalue weighted by atomic mass is 14.3. The van der Waals surface area contributed by atoms with Gasteiger partial charge in [-0.2, -0.15) is 0 Å². The van der Waals surface area contributed by atoms with Gasteiger partial charge in [0.15, 0.2) is 0 Å². The Morgan fingerprint density at radius 1 is 1.23 bits per heavy atom. The summed E-state index contributed by atoms with van der Waals surface area (Å²) in [6.07, 6.45) is 5.27. The molecule has 0 aliphatic heterocycles. The Morgan fingerprint density at radius 3 is 2.23 bits per heavy atom. The van der Waals surface area contributed by atoms with Gasteiger partial charge in [0.05, 0.1) is 0 Å². The molecule has 0 aromatic carbocycles. The number of rotatable bonds is 2. The summed E-state index contributed by atoms with van der Waals surface area (Å²) in [5.74, 6) is 3.32. The number of hydrogen-bond acceptors (Lipinski definition) is 0. The van der Waals surface area contributed by atoms with Gasteiger partial charge in [-0.3, -0.25) is 0 Å². The molecule has 2 unspecified atom stereocenters. The van der Waals surface area contributed by atoms with Gasteiger partial charge in [-0.05, 0) is 36.5 Å². The molecule has 1 aliphatic carbocycles. The fourth-order valence-corrected chi connectivity index (χ4v) is 2.56. The molecule has 0 radical (unpaired) electrons. The van der Waals surface area contributed by atoms with Gasteiger partial charge in [0, 0.05) is 0 Å². The first-order valence-electron chi connectivity index (χ1n) is 5.73. The summed E-state index contributed by atoms with van der Waals surface area (Å²) < 4.78 is 0. The summed E-state index contributed by atoms with van der Waals surface area (Å²) in [5.41, 5.74) is 1.68. The summed E-state index contributed by atoms with van der Waals surface area (Å²) in [6.45, 7) is 11.7. The second-order valence-electron chi connectivity index (χ2n) is 5.20. The topological polar surface area (TPSA) is 0 Å². The monoisotopic (exact) mass is 180 g/mol. The molecule has 0 fully saturated rings. The average molecular weight is 180 g/mol. The third-order valence-corrected chi connectivity index (χ3v) is 3.52. The fraction of sp³-hybridized carbons (Fsp3) is 0.846. The molecule has 0 nitrogen and oxygen atoms in total. The zero-order valence-corrected chi connectivity index (χ0v) is 9.80. The lowest BCUT2D eigenvalue weighted by Gasteiger charge is -2.32. The van der Waals surface area contributed by atoms with Crippen molar-refractivity contribution in [3.05, 3.63) is 11.6 Å². The molecule has 13 heavy (non-hydrogen) atoms. The van der Waals surface area contributed by atoms with Crippen LogP contribution in [-0.2, 0) is 0 Å². The van der Waals surface area contributed by atoms with Crippen LogP contribution in [0.15, 0.2) is 11.6 Å². The van der Waals surface area contributed by atoms with Crippen LogP contribution in [0.25, 0.3) is 0 Å². The van der Waals surface area contributed by atoms with Crippen molar-refractivity contribution < 1.29 is 0 Å². The molecule has 0 N–H and O–H groups in total. The van der Waals surface area contributed by atoms with Crippen LogP contribution in [0.1, 0.15) is 47.5 Å². The maximum absolute atomic E-state index is 2.53. The summed E-state index contributed by atoms with van der Waals surface area (Å²) in [6, 6.07) is 0. The third kappa shape index (κ3) is 2.59. The minimum atomic E-state index is 0.760. The van der Waals surface area contributed by atoms with Crippen LogP contribution in [0.5, 0.6) is 0 Å². The van der Waals surface area contributed by atoms with Crippen LogP contribution >= 0.6 is 0 Å². The van der Waals surface area contributed by atoms with Gasteiger partial charge in [0.2, 0.25) is 0 Å². The molecule has 76 valence electrons. The molecule has 1 rings (SSSR count). The van der Waals surface area contributed by atoms with Gasteiger partial charge in [0.1, 0.15) is 0 Å². The van der Waals surface area contributed by atoms with E-state index in [0.717, 1.165) is 23.7 Å². The van der Waals surface area contributed by atoms with Crippen LogP contribution < -0.4 is 0 Å². The maximum Gasteiger partial charge on any atom is -0.0228 e. The Kier molecular flexibility index (Phi) is 3.58. The predicted molar refractivity (Wildman–Crippen MR) is 59.6 cm³/mol. The van der Waals surface area contributed by atoms with Crippen molar-refractivity contribution in [2.24, 2.45) is 23.7 Å². The minimum Gasteiger partial charge on any atom is -0.0819 e. The number of allylic oxidation sites excluding steroid dienone is 2. The lowest BCUT2D eigenvalue weighted by atomic mass is 9.74. The first-order chi connectivity index (χ1) is 6.02. The molecule has 0 aromatic heterocycles. The van der Waals surface area contributed by atoms with Crippen molar-refractivity contribution in [3.63, 3.8) is 0 Å². The van der Waals surface area contributed by atoms with Gasteiger partial charge >= 0.3 is 0 Å². The summed E-state index contributed by atoms with van der Waals surface area (Å²) in [5, 5.41) is 0. The molecule has 0 heterocycles. The third-order valence-electron chi connectivity index (χ3n) is 3.52. The normalized spacial score (nSPS) is 29.6.